The lowest BCUT2D eigenvalue weighted by Gasteiger charge is -2.05. The van der Waals surface area contributed by atoms with Gasteiger partial charge in [-0.1, -0.05) is 24.1 Å². The van der Waals surface area contributed by atoms with Crippen LogP contribution in [0.4, 0.5) is 0 Å². The monoisotopic (exact) mass is 290 g/mol. The maximum atomic E-state index is 11.9. The minimum absolute atomic E-state index is 0.151. The van der Waals surface area contributed by atoms with E-state index in [0.717, 1.165) is 5.56 Å². The molecule has 3 aromatic rings. The van der Waals surface area contributed by atoms with E-state index < -0.39 is 0 Å². The zero-order chi connectivity index (χ0) is 15.5. The first kappa shape index (κ1) is 13.8. The van der Waals surface area contributed by atoms with Crippen LogP contribution in [0.3, 0.4) is 0 Å². The van der Waals surface area contributed by atoms with Gasteiger partial charge in [-0.15, -0.1) is 0 Å². The molecular weight excluding hydrogens is 276 g/mol. The van der Waals surface area contributed by atoms with E-state index >= 15 is 0 Å². The Kier molecular flexibility index (Phi) is 3.58. The van der Waals surface area contributed by atoms with Gasteiger partial charge >= 0.3 is 0 Å². The Morgan fingerprint density at radius 3 is 2.64 bits per heavy atom. The Morgan fingerprint density at radius 2 is 1.91 bits per heavy atom. The van der Waals surface area contributed by atoms with Crippen molar-refractivity contribution in [2.24, 2.45) is 0 Å². The van der Waals surface area contributed by atoms with Crippen LogP contribution in [0.2, 0.25) is 0 Å². The number of amides is 1. The Labute approximate surface area is 128 Å². The lowest BCUT2D eigenvalue weighted by molar-refractivity contribution is 0.0821. The molecule has 1 aromatic carbocycles. The van der Waals surface area contributed by atoms with E-state index in [9.17, 15) is 4.79 Å². The number of carbonyl (C=O) groups is 1. The summed E-state index contributed by atoms with van der Waals surface area (Å²) in [7, 11) is 3.38. The summed E-state index contributed by atoms with van der Waals surface area (Å²) in [6.07, 6.45) is 1.75. The molecule has 0 saturated heterocycles. The number of aromatic nitrogens is 3. The first-order chi connectivity index (χ1) is 10.6. The average molecular weight is 290 g/mol. The first-order valence-corrected chi connectivity index (χ1v) is 6.78. The second-order valence-electron chi connectivity index (χ2n) is 4.96. The van der Waals surface area contributed by atoms with Gasteiger partial charge in [-0.05, 0) is 24.1 Å². The number of benzene rings is 1. The molecule has 2 heterocycles. The largest absolute Gasteiger partial charge is 0.343 e. The minimum atomic E-state index is -0.151. The van der Waals surface area contributed by atoms with Crippen molar-refractivity contribution >= 4 is 11.6 Å². The van der Waals surface area contributed by atoms with Crippen molar-refractivity contribution in [3.63, 3.8) is 0 Å². The van der Waals surface area contributed by atoms with Crippen LogP contribution >= 0.6 is 0 Å². The van der Waals surface area contributed by atoms with Crippen LogP contribution in [0, 0.1) is 11.8 Å². The summed E-state index contributed by atoms with van der Waals surface area (Å²) in [5, 5.41) is 4.21. The Hall–Kier alpha value is -3.13. The second-order valence-corrected chi connectivity index (χ2v) is 4.96. The van der Waals surface area contributed by atoms with Gasteiger partial charge in [0.2, 0.25) is 0 Å². The van der Waals surface area contributed by atoms with Gasteiger partial charge in [0.05, 0.1) is 0 Å². The highest BCUT2D eigenvalue weighted by Gasteiger charge is 2.13. The summed E-state index contributed by atoms with van der Waals surface area (Å²) in [6.45, 7) is 0. The van der Waals surface area contributed by atoms with Crippen molar-refractivity contribution < 1.29 is 4.79 Å². The van der Waals surface area contributed by atoms with Crippen LogP contribution in [0.5, 0.6) is 0 Å². The predicted octanol–water partition coefficient (Wildman–Crippen LogP) is 1.83. The molecule has 0 aliphatic heterocycles. The Bertz CT molecular complexity index is 885. The van der Waals surface area contributed by atoms with Crippen molar-refractivity contribution in [2.45, 2.75) is 0 Å². The zero-order valence-electron chi connectivity index (χ0n) is 12.3. The van der Waals surface area contributed by atoms with Crippen LogP contribution in [-0.2, 0) is 0 Å². The molecule has 0 saturated carbocycles. The van der Waals surface area contributed by atoms with Crippen LogP contribution < -0.4 is 0 Å². The molecule has 5 nitrogen and oxygen atoms in total. The molecule has 0 atom stereocenters. The second kappa shape index (κ2) is 5.70. The number of hydrogen-bond donors (Lipinski definition) is 0. The number of carbonyl (C=O) groups excluding carboxylic acids is 1. The fraction of sp³-hybridized carbons (Fsp3) is 0.118. The molecular formula is C17H14N4O. The van der Waals surface area contributed by atoms with Gasteiger partial charge in [-0.2, -0.15) is 5.10 Å². The van der Waals surface area contributed by atoms with Crippen LogP contribution in [0.1, 0.15) is 21.7 Å². The molecule has 2 aromatic heterocycles. The summed E-state index contributed by atoms with van der Waals surface area (Å²) in [5.74, 6) is 5.92. The lowest BCUT2D eigenvalue weighted by atomic mass is 10.2. The summed E-state index contributed by atoms with van der Waals surface area (Å²) in [4.78, 5) is 17.8. The molecule has 0 fully saturated rings. The average Bonchev–Trinajstić information content (AvgIpc) is 2.96. The number of nitrogens with zero attached hydrogens (tertiary/aromatic N) is 4. The predicted molar refractivity (Wildman–Crippen MR) is 83.4 cm³/mol. The van der Waals surface area contributed by atoms with Crippen LogP contribution in [-0.4, -0.2) is 39.5 Å². The quantitative estimate of drug-likeness (QED) is 0.642. The molecule has 3 rings (SSSR count). The SMILES string of the molecule is CN(C)C(=O)c1cc2nc(C#Cc3ccccc3)ccn2n1. The number of hydrogen-bond acceptors (Lipinski definition) is 3. The highest BCUT2D eigenvalue weighted by atomic mass is 16.2. The highest BCUT2D eigenvalue weighted by Crippen LogP contribution is 2.07. The third-order valence-electron chi connectivity index (χ3n) is 3.06. The maximum absolute atomic E-state index is 11.9. The van der Waals surface area contributed by atoms with E-state index in [1.165, 1.54) is 4.90 Å². The number of rotatable bonds is 1. The van der Waals surface area contributed by atoms with Gasteiger partial charge in [0.15, 0.2) is 11.3 Å². The van der Waals surface area contributed by atoms with E-state index in [0.29, 0.717) is 17.0 Å². The van der Waals surface area contributed by atoms with Gasteiger partial charge < -0.3 is 4.90 Å². The molecule has 5 heteroatoms. The van der Waals surface area contributed by atoms with Crippen molar-refractivity contribution in [1.29, 1.82) is 0 Å². The van der Waals surface area contributed by atoms with E-state index in [-0.39, 0.29) is 5.91 Å². The molecule has 1 amide bonds. The van der Waals surface area contributed by atoms with E-state index in [2.05, 4.69) is 21.9 Å². The standard InChI is InChI=1S/C17H14N4O/c1-20(2)17(22)15-12-16-18-14(10-11-21(16)19-15)9-8-13-6-4-3-5-7-13/h3-7,10-12H,1-2H3. The van der Waals surface area contributed by atoms with Gasteiger partial charge in [0.25, 0.3) is 5.91 Å². The van der Waals surface area contributed by atoms with E-state index in [1.807, 2.05) is 30.3 Å². The summed E-state index contributed by atoms with van der Waals surface area (Å²) < 4.78 is 1.57. The maximum Gasteiger partial charge on any atom is 0.273 e. The zero-order valence-corrected chi connectivity index (χ0v) is 12.3. The summed E-state index contributed by atoms with van der Waals surface area (Å²) >= 11 is 0. The summed E-state index contributed by atoms with van der Waals surface area (Å²) in [5.41, 5.74) is 2.54. The van der Waals surface area contributed by atoms with E-state index in [4.69, 9.17) is 0 Å². The normalized spacial score (nSPS) is 10.1. The molecule has 22 heavy (non-hydrogen) atoms. The minimum Gasteiger partial charge on any atom is -0.343 e. The number of fused-ring (bicyclic) bond motifs is 1. The molecule has 0 N–H and O–H groups in total. The van der Waals surface area contributed by atoms with Crippen molar-refractivity contribution in [3.05, 3.63) is 65.6 Å². The van der Waals surface area contributed by atoms with Gasteiger partial charge in [0.1, 0.15) is 5.69 Å². The lowest BCUT2D eigenvalue weighted by Crippen LogP contribution is -2.22. The topological polar surface area (TPSA) is 50.5 Å². The van der Waals surface area contributed by atoms with Gasteiger partial charge in [-0.3, -0.25) is 4.79 Å². The van der Waals surface area contributed by atoms with Crippen molar-refractivity contribution in [2.75, 3.05) is 14.1 Å². The van der Waals surface area contributed by atoms with Crippen LogP contribution in [0.15, 0.2) is 48.7 Å². The van der Waals surface area contributed by atoms with Crippen molar-refractivity contribution in [3.8, 4) is 11.8 Å². The van der Waals surface area contributed by atoms with Crippen LogP contribution in [0.25, 0.3) is 5.65 Å². The molecule has 0 radical (unpaired) electrons. The Balaban J connectivity index is 1.94. The fourth-order valence-electron chi connectivity index (χ4n) is 1.94. The first-order valence-electron chi connectivity index (χ1n) is 6.78. The van der Waals surface area contributed by atoms with Crippen molar-refractivity contribution in [1.82, 2.24) is 19.5 Å². The Morgan fingerprint density at radius 1 is 1.14 bits per heavy atom. The highest BCUT2D eigenvalue weighted by molar-refractivity contribution is 5.92. The molecule has 0 aliphatic carbocycles. The third-order valence-corrected chi connectivity index (χ3v) is 3.06. The molecule has 108 valence electrons. The third kappa shape index (κ3) is 2.81. The molecule has 0 aliphatic rings. The fourth-order valence-corrected chi connectivity index (χ4v) is 1.94. The summed E-state index contributed by atoms with van der Waals surface area (Å²) in [6, 6.07) is 13.2. The molecule has 0 unspecified atom stereocenters. The molecule has 0 bridgehead atoms. The van der Waals surface area contributed by atoms with E-state index in [1.54, 1.807) is 36.9 Å². The van der Waals surface area contributed by atoms with Gasteiger partial charge in [-0.25, -0.2) is 9.50 Å². The van der Waals surface area contributed by atoms with Gasteiger partial charge in [0, 0.05) is 31.9 Å². The molecule has 0 spiro atoms. The smallest absolute Gasteiger partial charge is 0.273 e.